The Morgan fingerprint density at radius 1 is 1.23 bits per heavy atom. The fraction of sp³-hybridized carbons (Fsp3) is 0.533. The van der Waals surface area contributed by atoms with E-state index in [9.17, 15) is 18.0 Å². The molecule has 0 radical (unpaired) electrons. The molecule has 0 saturated carbocycles. The molecule has 0 aliphatic carbocycles. The van der Waals surface area contributed by atoms with E-state index in [1.54, 1.807) is 20.8 Å². The molecule has 0 atom stereocenters. The van der Waals surface area contributed by atoms with Gasteiger partial charge in [-0.15, -0.1) is 0 Å². The van der Waals surface area contributed by atoms with Crippen molar-refractivity contribution in [2.24, 2.45) is 0 Å². The van der Waals surface area contributed by atoms with Crippen molar-refractivity contribution in [2.75, 3.05) is 13.2 Å². The van der Waals surface area contributed by atoms with Crippen LogP contribution < -0.4 is 0 Å². The van der Waals surface area contributed by atoms with Crippen LogP contribution in [0.15, 0.2) is 24.3 Å². The van der Waals surface area contributed by atoms with Gasteiger partial charge in [0, 0.05) is 13.1 Å². The van der Waals surface area contributed by atoms with Crippen LogP contribution in [-0.2, 0) is 17.5 Å². The lowest BCUT2D eigenvalue weighted by molar-refractivity contribution is -0.138. The second-order valence-electron chi connectivity index (χ2n) is 5.78. The number of alkyl halides is 3. The molecule has 124 valence electrons. The van der Waals surface area contributed by atoms with Crippen molar-refractivity contribution in [3.8, 4) is 0 Å². The van der Waals surface area contributed by atoms with Crippen LogP contribution in [0, 0.1) is 0 Å². The summed E-state index contributed by atoms with van der Waals surface area (Å²) in [5.41, 5.74) is -1.62. The minimum atomic E-state index is -4.50. The average Bonchev–Trinajstić information content (AvgIpc) is 2.35. The number of carbonyl (C=O) groups is 1. The first-order chi connectivity index (χ1) is 10.0. The number of carbonyl (C=O) groups excluding carboxylic acids is 1. The molecule has 1 rings (SSSR count). The van der Waals surface area contributed by atoms with Crippen LogP contribution in [0.3, 0.4) is 0 Å². The largest absolute Gasteiger partial charge is 0.444 e. The third-order valence-electron chi connectivity index (χ3n) is 2.71. The van der Waals surface area contributed by atoms with Crippen molar-refractivity contribution in [1.29, 1.82) is 0 Å². The van der Waals surface area contributed by atoms with Gasteiger partial charge in [-0.25, -0.2) is 4.79 Å². The number of benzene rings is 1. The van der Waals surface area contributed by atoms with Crippen LogP contribution in [0.2, 0.25) is 0 Å². The molecule has 0 aliphatic rings. The third-order valence-corrected chi connectivity index (χ3v) is 2.71. The number of amides is 1. The van der Waals surface area contributed by atoms with Crippen LogP contribution in [0.1, 0.15) is 31.9 Å². The number of halogens is 3. The van der Waals surface area contributed by atoms with E-state index in [0.29, 0.717) is 0 Å². The van der Waals surface area contributed by atoms with Crippen molar-refractivity contribution < 1.29 is 27.8 Å². The number of ether oxygens (including phenoxy) is 1. The summed E-state index contributed by atoms with van der Waals surface area (Å²) in [6, 6.07) is 5.02. The summed E-state index contributed by atoms with van der Waals surface area (Å²) in [4.78, 5) is 13.1. The third kappa shape index (κ3) is 5.55. The highest BCUT2D eigenvalue weighted by atomic mass is 19.4. The molecule has 0 heterocycles. The summed E-state index contributed by atoms with van der Waals surface area (Å²) in [6.07, 6.45) is -5.27. The lowest BCUT2D eigenvalue weighted by atomic mass is 10.1. The van der Waals surface area contributed by atoms with E-state index in [1.165, 1.54) is 18.2 Å². The van der Waals surface area contributed by atoms with Crippen LogP contribution in [-0.4, -0.2) is 34.9 Å². The van der Waals surface area contributed by atoms with E-state index in [0.717, 1.165) is 11.0 Å². The summed E-state index contributed by atoms with van der Waals surface area (Å²) in [7, 11) is 0. The molecule has 0 aromatic heterocycles. The van der Waals surface area contributed by atoms with Crippen molar-refractivity contribution in [1.82, 2.24) is 4.90 Å². The highest BCUT2D eigenvalue weighted by Gasteiger charge is 2.34. The van der Waals surface area contributed by atoms with E-state index >= 15 is 0 Å². The minimum Gasteiger partial charge on any atom is -0.444 e. The molecule has 1 amide bonds. The Labute approximate surface area is 127 Å². The number of aliphatic hydroxyl groups excluding tert-OH is 1. The molecule has 4 nitrogen and oxygen atoms in total. The topological polar surface area (TPSA) is 49.8 Å². The summed E-state index contributed by atoms with van der Waals surface area (Å²) in [5.74, 6) is 0. The zero-order valence-electron chi connectivity index (χ0n) is 12.8. The number of rotatable bonds is 4. The lowest BCUT2D eigenvalue weighted by Crippen LogP contribution is -2.38. The second kappa shape index (κ2) is 7.00. The first-order valence-electron chi connectivity index (χ1n) is 6.78. The predicted octanol–water partition coefficient (Wildman–Crippen LogP) is 3.43. The van der Waals surface area contributed by atoms with E-state index < -0.39 is 23.4 Å². The Hall–Kier alpha value is -1.76. The van der Waals surface area contributed by atoms with Gasteiger partial charge in [-0.1, -0.05) is 18.2 Å². The SMILES string of the molecule is CC(C)(C)OC(=O)N(CCO)Cc1ccccc1C(F)(F)F. The first kappa shape index (κ1) is 18.3. The van der Waals surface area contributed by atoms with Crippen LogP contribution in [0.25, 0.3) is 0 Å². The van der Waals surface area contributed by atoms with Crippen molar-refractivity contribution in [2.45, 2.75) is 39.1 Å². The Morgan fingerprint density at radius 2 is 1.82 bits per heavy atom. The zero-order chi connectivity index (χ0) is 17.0. The van der Waals surface area contributed by atoms with Gasteiger partial charge in [0.1, 0.15) is 5.60 Å². The molecule has 7 heteroatoms. The van der Waals surface area contributed by atoms with Gasteiger partial charge in [0.15, 0.2) is 0 Å². The number of aliphatic hydroxyl groups is 1. The molecule has 0 saturated heterocycles. The molecule has 1 aromatic carbocycles. The normalized spacial score (nSPS) is 12.1. The smallest absolute Gasteiger partial charge is 0.416 e. The number of hydrogen-bond donors (Lipinski definition) is 1. The molecule has 0 fully saturated rings. The van der Waals surface area contributed by atoms with Crippen LogP contribution >= 0.6 is 0 Å². The average molecular weight is 319 g/mol. The number of nitrogens with zero attached hydrogens (tertiary/aromatic N) is 1. The Balaban J connectivity index is 3.00. The van der Waals surface area contributed by atoms with Gasteiger partial charge in [-0.05, 0) is 32.4 Å². The van der Waals surface area contributed by atoms with Gasteiger partial charge in [0.25, 0.3) is 0 Å². The standard InChI is InChI=1S/C15H20F3NO3/c1-14(2,3)22-13(21)19(8-9-20)10-11-6-4-5-7-12(11)15(16,17)18/h4-7,20H,8-10H2,1-3H3. The summed E-state index contributed by atoms with van der Waals surface area (Å²) >= 11 is 0. The molecule has 0 aliphatic heterocycles. The van der Waals surface area contributed by atoms with Crippen molar-refractivity contribution >= 4 is 6.09 Å². The van der Waals surface area contributed by atoms with Gasteiger partial charge < -0.3 is 14.7 Å². The maximum Gasteiger partial charge on any atom is 0.416 e. The quantitative estimate of drug-likeness (QED) is 0.925. The molecule has 1 aromatic rings. The van der Waals surface area contributed by atoms with Crippen LogP contribution in [0.5, 0.6) is 0 Å². The second-order valence-corrected chi connectivity index (χ2v) is 5.78. The fourth-order valence-corrected chi connectivity index (χ4v) is 1.82. The summed E-state index contributed by atoms with van der Waals surface area (Å²) in [5, 5.41) is 9.02. The number of hydrogen-bond acceptors (Lipinski definition) is 3. The molecule has 0 unspecified atom stereocenters. The van der Waals surface area contributed by atoms with Crippen molar-refractivity contribution in [3.05, 3.63) is 35.4 Å². The predicted molar refractivity (Wildman–Crippen MR) is 75.2 cm³/mol. The molecule has 22 heavy (non-hydrogen) atoms. The van der Waals surface area contributed by atoms with Gasteiger partial charge in [0.2, 0.25) is 0 Å². The Kier molecular flexibility index (Phi) is 5.82. The zero-order valence-corrected chi connectivity index (χ0v) is 12.8. The maximum absolute atomic E-state index is 13.0. The van der Waals surface area contributed by atoms with Gasteiger partial charge in [-0.2, -0.15) is 13.2 Å². The molecule has 0 spiro atoms. The summed E-state index contributed by atoms with van der Waals surface area (Å²) in [6.45, 7) is 4.21. The fourth-order valence-electron chi connectivity index (χ4n) is 1.82. The Bertz CT molecular complexity index is 509. The van der Waals surface area contributed by atoms with E-state index in [4.69, 9.17) is 9.84 Å². The first-order valence-corrected chi connectivity index (χ1v) is 6.78. The van der Waals surface area contributed by atoms with E-state index in [-0.39, 0.29) is 25.3 Å². The maximum atomic E-state index is 13.0. The highest BCUT2D eigenvalue weighted by molar-refractivity contribution is 5.68. The van der Waals surface area contributed by atoms with E-state index in [2.05, 4.69) is 0 Å². The van der Waals surface area contributed by atoms with Gasteiger partial charge in [0.05, 0.1) is 12.2 Å². The van der Waals surface area contributed by atoms with Gasteiger partial charge >= 0.3 is 12.3 Å². The molecular formula is C15H20F3NO3. The molecular weight excluding hydrogens is 299 g/mol. The van der Waals surface area contributed by atoms with Gasteiger partial charge in [-0.3, -0.25) is 0 Å². The van der Waals surface area contributed by atoms with Crippen LogP contribution in [0.4, 0.5) is 18.0 Å². The molecule has 1 N–H and O–H groups in total. The Morgan fingerprint density at radius 3 is 2.32 bits per heavy atom. The summed E-state index contributed by atoms with van der Waals surface area (Å²) < 4.78 is 44.1. The minimum absolute atomic E-state index is 0.0469. The highest BCUT2D eigenvalue weighted by Crippen LogP contribution is 2.32. The lowest BCUT2D eigenvalue weighted by Gasteiger charge is -2.27. The van der Waals surface area contributed by atoms with E-state index in [1.807, 2.05) is 0 Å². The molecule has 0 bridgehead atoms. The van der Waals surface area contributed by atoms with Crippen molar-refractivity contribution in [3.63, 3.8) is 0 Å². The monoisotopic (exact) mass is 319 g/mol.